The van der Waals surface area contributed by atoms with Crippen molar-refractivity contribution in [2.45, 2.75) is 65.9 Å². The van der Waals surface area contributed by atoms with Gasteiger partial charge in [0.15, 0.2) is 6.10 Å². The van der Waals surface area contributed by atoms with Gasteiger partial charge in [-0.1, -0.05) is 40.5 Å². The molecule has 0 aliphatic rings. The van der Waals surface area contributed by atoms with E-state index in [4.69, 9.17) is 9.47 Å². The lowest BCUT2D eigenvalue weighted by atomic mass is 10.2. The Labute approximate surface area is 110 Å². The van der Waals surface area contributed by atoms with E-state index in [-0.39, 0.29) is 11.9 Å². The van der Waals surface area contributed by atoms with Crippen LogP contribution in [0.2, 0.25) is 0 Å². The zero-order valence-electron chi connectivity index (χ0n) is 12.0. The molecule has 106 valence electrons. The van der Waals surface area contributed by atoms with Crippen molar-refractivity contribution < 1.29 is 19.1 Å². The maximum Gasteiger partial charge on any atom is 0.347 e. The standard InChI is InChI=1S/C14H26O4/c1-5-7-8-9-13(15)18-12(6-2)14(16)17-10-11(3)4/h11-12H,5-10H2,1-4H3/t12-/m1/s1. The van der Waals surface area contributed by atoms with E-state index in [1.165, 1.54) is 0 Å². The highest BCUT2D eigenvalue weighted by atomic mass is 16.6. The molecular formula is C14H26O4. The first-order chi connectivity index (χ1) is 8.51. The molecule has 0 radical (unpaired) electrons. The zero-order chi connectivity index (χ0) is 14.0. The fourth-order valence-corrected chi connectivity index (χ4v) is 1.38. The van der Waals surface area contributed by atoms with Crippen molar-refractivity contribution in [2.24, 2.45) is 5.92 Å². The van der Waals surface area contributed by atoms with Crippen molar-refractivity contribution in [3.05, 3.63) is 0 Å². The van der Waals surface area contributed by atoms with Crippen molar-refractivity contribution in [2.75, 3.05) is 6.61 Å². The predicted molar refractivity (Wildman–Crippen MR) is 70.1 cm³/mol. The molecule has 0 unspecified atom stereocenters. The number of rotatable bonds is 9. The number of hydrogen-bond acceptors (Lipinski definition) is 4. The second-order valence-corrected chi connectivity index (χ2v) is 4.87. The summed E-state index contributed by atoms with van der Waals surface area (Å²) in [5.41, 5.74) is 0. The first-order valence-corrected chi connectivity index (χ1v) is 6.87. The van der Waals surface area contributed by atoms with Gasteiger partial charge in [-0.25, -0.2) is 4.79 Å². The van der Waals surface area contributed by atoms with Crippen LogP contribution in [-0.4, -0.2) is 24.6 Å². The van der Waals surface area contributed by atoms with Crippen LogP contribution in [0.25, 0.3) is 0 Å². The van der Waals surface area contributed by atoms with Crippen molar-refractivity contribution in [1.82, 2.24) is 0 Å². The summed E-state index contributed by atoms with van der Waals surface area (Å²) in [5, 5.41) is 0. The van der Waals surface area contributed by atoms with Crippen LogP contribution in [0.5, 0.6) is 0 Å². The van der Waals surface area contributed by atoms with Gasteiger partial charge in [-0.3, -0.25) is 4.79 Å². The third-order valence-corrected chi connectivity index (χ3v) is 2.45. The van der Waals surface area contributed by atoms with Crippen LogP contribution in [0.3, 0.4) is 0 Å². The van der Waals surface area contributed by atoms with Crippen molar-refractivity contribution in [3.8, 4) is 0 Å². The van der Waals surface area contributed by atoms with E-state index >= 15 is 0 Å². The molecule has 0 aliphatic heterocycles. The quantitative estimate of drug-likeness (QED) is 0.471. The summed E-state index contributed by atoms with van der Waals surface area (Å²) < 4.78 is 10.2. The van der Waals surface area contributed by atoms with Crippen LogP contribution in [0.4, 0.5) is 0 Å². The Kier molecular flexibility index (Phi) is 9.33. The molecule has 0 aliphatic carbocycles. The Morgan fingerprint density at radius 1 is 1.11 bits per heavy atom. The normalized spacial score (nSPS) is 12.3. The molecule has 4 nitrogen and oxygen atoms in total. The minimum atomic E-state index is -0.752. The Hall–Kier alpha value is -1.06. The third-order valence-electron chi connectivity index (χ3n) is 2.45. The van der Waals surface area contributed by atoms with E-state index in [9.17, 15) is 9.59 Å². The highest BCUT2D eigenvalue weighted by Gasteiger charge is 2.22. The Morgan fingerprint density at radius 3 is 2.28 bits per heavy atom. The van der Waals surface area contributed by atoms with Gasteiger partial charge in [-0.05, 0) is 18.8 Å². The molecule has 4 heteroatoms. The van der Waals surface area contributed by atoms with Gasteiger partial charge in [0.2, 0.25) is 0 Å². The van der Waals surface area contributed by atoms with Crippen molar-refractivity contribution in [3.63, 3.8) is 0 Å². The van der Waals surface area contributed by atoms with E-state index < -0.39 is 12.1 Å². The molecule has 0 rings (SSSR count). The van der Waals surface area contributed by atoms with Gasteiger partial charge in [0, 0.05) is 6.42 Å². The van der Waals surface area contributed by atoms with Gasteiger partial charge in [0.05, 0.1) is 6.61 Å². The fourth-order valence-electron chi connectivity index (χ4n) is 1.38. The molecule has 0 N–H and O–H groups in total. The van der Waals surface area contributed by atoms with Gasteiger partial charge in [0.1, 0.15) is 0 Å². The molecule has 0 aromatic rings. The van der Waals surface area contributed by atoms with Gasteiger partial charge < -0.3 is 9.47 Å². The fraction of sp³-hybridized carbons (Fsp3) is 0.857. The third kappa shape index (κ3) is 8.09. The Balaban J connectivity index is 4.00. The summed E-state index contributed by atoms with van der Waals surface area (Å²) in [6.45, 7) is 8.17. The number of carbonyl (C=O) groups excluding carboxylic acids is 2. The summed E-state index contributed by atoms with van der Waals surface area (Å²) in [6.07, 6.45) is 2.95. The summed E-state index contributed by atoms with van der Waals surface area (Å²) in [5.74, 6) is -0.460. The summed E-state index contributed by atoms with van der Waals surface area (Å²) >= 11 is 0. The van der Waals surface area contributed by atoms with Gasteiger partial charge in [-0.15, -0.1) is 0 Å². The monoisotopic (exact) mass is 258 g/mol. The molecule has 0 aromatic heterocycles. The molecule has 0 saturated carbocycles. The first-order valence-electron chi connectivity index (χ1n) is 6.87. The predicted octanol–water partition coefficient (Wildman–Crippen LogP) is 3.09. The minimum Gasteiger partial charge on any atom is -0.463 e. The average Bonchev–Trinajstić information content (AvgIpc) is 2.33. The van der Waals surface area contributed by atoms with E-state index in [0.29, 0.717) is 19.4 Å². The van der Waals surface area contributed by atoms with E-state index in [0.717, 1.165) is 19.3 Å². The van der Waals surface area contributed by atoms with Gasteiger partial charge >= 0.3 is 11.9 Å². The molecule has 0 aromatic carbocycles. The van der Waals surface area contributed by atoms with Crippen molar-refractivity contribution >= 4 is 11.9 Å². The lowest BCUT2D eigenvalue weighted by Gasteiger charge is -2.16. The summed E-state index contributed by atoms with van der Waals surface area (Å²) in [7, 11) is 0. The molecule has 0 heterocycles. The molecule has 1 atom stereocenters. The van der Waals surface area contributed by atoms with Gasteiger partial charge in [0.25, 0.3) is 0 Å². The van der Waals surface area contributed by atoms with Crippen LogP contribution in [0.1, 0.15) is 59.8 Å². The van der Waals surface area contributed by atoms with Crippen LogP contribution in [0.15, 0.2) is 0 Å². The smallest absolute Gasteiger partial charge is 0.347 e. The van der Waals surface area contributed by atoms with E-state index in [1.807, 2.05) is 13.8 Å². The topological polar surface area (TPSA) is 52.6 Å². The van der Waals surface area contributed by atoms with Crippen LogP contribution in [0, 0.1) is 5.92 Å². The molecule has 0 fully saturated rings. The van der Waals surface area contributed by atoms with Gasteiger partial charge in [-0.2, -0.15) is 0 Å². The molecule has 18 heavy (non-hydrogen) atoms. The highest BCUT2D eigenvalue weighted by Crippen LogP contribution is 2.07. The lowest BCUT2D eigenvalue weighted by Crippen LogP contribution is -2.29. The van der Waals surface area contributed by atoms with Crippen LogP contribution >= 0.6 is 0 Å². The molecule has 0 spiro atoms. The molecule has 0 bridgehead atoms. The number of carbonyl (C=O) groups is 2. The molecule has 0 saturated heterocycles. The average molecular weight is 258 g/mol. The maximum atomic E-state index is 11.6. The molecular weight excluding hydrogens is 232 g/mol. The Morgan fingerprint density at radius 2 is 1.78 bits per heavy atom. The molecule has 0 amide bonds. The second-order valence-electron chi connectivity index (χ2n) is 4.87. The lowest BCUT2D eigenvalue weighted by molar-refractivity contribution is -0.168. The zero-order valence-corrected chi connectivity index (χ0v) is 12.0. The van der Waals surface area contributed by atoms with Crippen LogP contribution in [-0.2, 0) is 19.1 Å². The summed E-state index contributed by atoms with van der Waals surface area (Å²) in [4.78, 5) is 23.1. The second kappa shape index (κ2) is 9.92. The Bertz CT molecular complexity index is 248. The number of esters is 2. The number of hydrogen-bond donors (Lipinski definition) is 0. The largest absolute Gasteiger partial charge is 0.463 e. The van der Waals surface area contributed by atoms with E-state index in [2.05, 4.69) is 6.92 Å². The number of ether oxygens (including phenoxy) is 2. The van der Waals surface area contributed by atoms with Crippen LogP contribution < -0.4 is 0 Å². The maximum absolute atomic E-state index is 11.6. The number of unbranched alkanes of at least 4 members (excludes halogenated alkanes) is 2. The first kappa shape index (κ1) is 16.9. The summed E-state index contributed by atoms with van der Waals surface area (Å²) in [6, 6.07) is 0. The SMILES string of the molecule is CCCCCC(=O)O[C@H](CC)C(=O)OCC(C)C. The van der Waals surface area contributed by atoms with Crippen molar-refractivity contribution in [1.29, 1.82) is 0 Å². The van der Waals surface area contributed by atoms with E-state index in [1.54, 1.807) is 6.92 Å². The highest BCUT2D eigenvalue weighted by molar-refractivity contribution is 5.79. The minimum absolute atomic E-state index is 0.284.